The van der Waals surface area contributed by atoms with Crippen LogP contribution in [0.4, 0.5) is 11.4 Å². The predicted molar refractivity (Wildman–Crippen MR) is 148 cm³/mol. The van der Waals surface area contributed by atoms with Crippen molar-refractivity contribution in [3.05, 3.63) is 69.8 Å². The summed E-state index contributed by atoms with van der Waals surface area (Å²) in [7, 11) is 4.13. The Bertz CT molecular complexity index is 1080. The number of allylic oxidation sites excluding steroid dienone is 1. The van der Waals surface area contributed by atoms with E-state index in [2.05, 4.69) is 26.3 Å². The maximum Gasteiger partial charge on any atom is 0.279 e. The number of unbranched alkanes of at least 4 members (excludes halogenated alkanes) is 5. The van der Waals surface area contributed by atoms with E-state index in [-0.39, 0.29) is 17.4 Å². The molecular formula is C29H40N3O5+. The fourth-order valence-corrected chi connectivity index (χ4v) is 4.03. The largest absolute Gasteiger partial charge is 0.493 e. The molecule has 1 N–H and O–H groups in total. The fraction of sp³-hybridized carbons (Fsp3) is 0.448. The van der Waals surface area contributed by atoms with Crippen LogP contribution in [0.3, 0.4) is 0 Å². The van der Waals surface area contributed by atoms with Crippen molar-refractivity contribution in [3.63, 3.8) is 0 Å². The number of non-ortho nitro benzene ring substituents is 1. The highest BCUT2D eigenvalue weighted by Crippen LogP contribution is 2.26. The molecule has 0 heterocycles. The van der Waals surface area contributed by atoms with Crippen LogP contribution in [-0.4, -0.2) is 54.9 Å². The van der Waals surface area contributed by atoms with Crippen molar-refractivity contribution in [2.24, 2.45) is 0 Å². The van der Waals surface area contributed by atoms with E-state index >= 15 is 0 Å². The van der Waals surface area contributed by atoms with Crippen LogP contribution in [0.15, 0.2) is 48.5 Å². The molecule has 0 radical (unpaired) electrons. The van der Waals surface area contributed by atoms with Gasteiger partial charge in [-0.15, -0.1) is 0 Å². The number of hydrogen-bond donors (Lipinski definition) is 1. The summed E-state index contributed by atoms with van der Waals surface area (Å²) in [5.74, 6) is 0.140. The molecule has 2 aromatic rings. The molecule has 37 heavy (non-hydrogen) atoms. The molecular weight excluding hydrogens is 470 g/mol. The van der Waals surface area contributed by atoms with Crippen molar-refractivity contribution in [2.45, 2.75) is 52.4 Å². The molecule has 200 valence electrons. The lowest BCUT2D eigenvalue weighted by atomic mass is 10.1. The second-order valence-corrected chi connectivity index (χ2v) is 9.82. The molecule has 0 aromatic heterocycles. The highest BCUT2D eigenvalue weighted by Gasteiger charge is 2.20. The van der Waals surface area contributed by atoms with Gasteiger partial charge in [0.25, 0.3) is 11.6 Å². The van der Waals surface area contributed by atoms with E-state index in [4.69, 9.17) is 4.74 Å². The minimum atomic E-state index is -0.490. The summed E-state index contributed by atoms with van der Waals surface area (Å²) in [6, 6.07) is 11.0. The SMILES string of the molecule is CCCCCCCC[N+](C)(C)CC(=O)Nc1ccc(C(=O)/C=C/c2cc([N+](=O)[O-])ccc2OCC)cc1. The van der Waals surface area contributed by atoms with Crippen molar-refractivity contribution in [1.29, 1.82) is 0 Å². The van der Waals surface area contributed by atoms with Gasteiger partial charge in [-0.3, -0.25) is 19.7 Å². The van der Waals surface area contributed by atoms with Gasteiger partial charge in [-0.25, -0.2) is 0 Å². The van der Waals surface area contributed by atoms with Crippen LogP contribution in [-0.2, 0) is 4.79 Å². The number of carbonyl (C=O) groups is 2. The van der Waals surface area contributed by atoms with E-state index in [9.17, 15) is 19.7 Å². The van der Waals surface area contributed by atoms with Crippen LogP contribution >= 0.6 is 0 Å². The minimum absolute atomic E-state index is 0.0657. The van der Waals surface area contributed by atoms with Gasteiger partial charge in [0.05, 0.1) is 32.2 Å². The second-order valence-electron chi connectivity index (χ2n) is 9.82. The van der Waals surface area contributed by atoms with Crippen LogP contribution in [0.5, 0.6) is 5.75 Å². The first-order valence-corrected chi connectivity index (χ1v) is 13.0. The van der Waals surface area contributed by atoms with Crippen LogP contribution < -0.4 is 10.1 Å². The Kier molecular flexibility index (Phi) is 12.0. The van der Waals surface area contributed by atoms with Gasteiger partial charge in [0, 0.05) is 28.9 Å². The summed E-state index contributed by atoms with van der Waals surface area (Å²) < 4.78 is 6.14. The van der Waals surface area contributed by atoms with Gasteiger partial charge in [-0.1, -0.05) is 32.6 Å². The van der Waals surface area contributed by atoms with E-state index in [0.29, 0.717) is 40.2 Å². The maximum atomic E-state index is 12.7. The summed E-state index contributed by atoms with van der Waals surface area (Å²) in [6.45, 7) is 5.76. The summed E-state index contributed by atoms with van der Waals surface area (Å²) >= 11 is 0. The highest BCUT2D eigenvalue weighted by atomic mass is 16.6. The number of quaternary nitrogens is 1. The van der Waals surface area contributed by atoms with Gasteiger partial charge in [0.15, 0.2) is 12.3 Å². The molecule has 0 saturated heterocycles. The van der Waals surface area contributed by atoms with Crippen LogP contribution in [0.25, 0.3) is 6.08 Å². The Hall–Kier alpha value is -3.52. The zero-order chi connectivity index (χ0) is 27.3. The topological polar surface area (TPSA) is 98.5 Å². The van der Waals surface area contributed by atoms with Gasteiger partial charge in [-0.2, -0.15) is 0 Å². The molecule has 0 bridgehead atoms. The lowest BCUT2D eigenvalue weighted by Gasteiger charge is -2.29. The normalized spacial score (nSPS) is 11.5. The number of ether oxygens (including phenoxy) is 1. The van der Waals surface area contributed by atoms with Crippen molar-refractivity contribution >= 4 is 29.1 Å². The average Bonchev–Trinajstić information content (AvgIpc) is 2.85. The number of likely N-dealkylation sites (N-methyl/N-ethyl adjacent to an activating group) is 1. The summed E-state index contributed by atoms with van der Waals surface area (Å²) in [5.41, 5.74) is 1.44. The molecule has 8 nitrogen and oxygen atoms in total. The lowest BCUT2D eigenvalue weighted by molar-refractivity contribution is -0.882. The van der Waals surface area contributed by atoms with Gasteiger partial charge < -0.3 is 14.5 Å². The minimum Gasteiger partial charge on any atom is -0.493 e. The van der Waals surface area contributed by atoms with Gasteiger partial charge >= 0.3 is 0 Å². The average molecular weight is 511 g/mol. The van der Waals surface area contributed by atoms with Crippen LogP contribution in [0.1, 0.15) is 68.3 Å². The first kappa shape index (κ1) is 29.7. The van der Waals surface area contributed by atoms with Gasteiger partial charge in [0.2, 0.25) is 0 Å². The van der Waals surface area contributed by atoms with Crippen LogP contribution in [0, 0.1) is 10.1 Å². The van der Waals surface area contributed by atoms with E-state index < -0.39 is 4.92 Å². The Balaban J connectivity index is 1.93. The number of nitro benzene ring substituents is 1. The Labute approximate surface area is 220 Å². The lowest BCUT2D eigenvalue weighted by Crippen LogP contribution is -2.46. The third-order valence-electron chi connectivity index (χ3n) is 6.06. The second kappa shape index (κ2) is 14.9. The third-order valence-corrected chi connectivity index (χ3v) is 6.06. The number of nitrogens with zero attached hydrogens (tertiary/aromatic N) is 2. The van der Waals surface area contributed by atoms with Crippen molar-refractivity contribution in [2.75, 3.05) is 39.1 Å². The first-order valence-electron chi connectivity index (χ1n) is 13.0. The Morgan fingerprint density at radius 2 is 1.68 bits per heavy atom. The molecule has 2 rings (SSSR count). The third kappa shape index (κ3) is 10.6. The summed E-state index contributed by atoms with van der Waals surface area (Å²) in [6.07, 6.45) is 10.2. The highest BCUT2D eigenvalue weighted by molar-refractivity contribution is 6.07. The molecule has 0 aliphatic heterocycles. The van der Waals surface area contributed by atoms with E-state index in [1.54, 1.807) is 24.3 Å². The molecule has 0 unspecified atom stereocenters. The van der Waals surface area contributed by atoms with Crippen molar-refractivity contribution < 1.29 is 23.7 Å². The maximum absolute atomic E-state index is 12.7. The van der Waals surface area contributed by atoms with E-state index in [1.165, 1.54) is 62.5 Å². The Morgan fingerprint density at radius 1 is 1.00 bits per heavy atom. The number of hydrogen-bond acceptors (Lipinski definition) is 5. The van der Waals surface area contributed by atoms with Gasteiger partial charge in [-0.05, 0) is 62.2 Å². The smallest absolute Gasteiger partial charge is 0.279 e. The van der Waals surface area contributed by atoms with E-state index in [0.717, 1.165) is 13.0 Å². The summed E-state index contributed by atoms with van der Waals surface area (Å²) in [5, 5.41) is 14.0. The first-order chi connectivity index (χ1) is 17.6. The van der Waals surface area contributed by atoms with Crippen molar-refractivity contribution in [1.82, 2.24) is 0 Å². The number of amides is 1. The zero-order valence-corrected chi connectivity index (χ0v) is 22.5. The molecule has 0 atom stereocenters. The molecule has 2 aromatic carbocycles. The fourth-order valence-electron chi connectivity index (χ4n) is 4.03. The standard InChI is InChI=1S/C29H39N3O5/c1-5-7-8-9-10-11-20-32(3,4)22-29(34)30-25-15-12-23(13-16-25)27(33)18-14-24-21-26(31(35)36)17-19-28(24)37-6-2/h12-19,21H,5-11,20,22H2,1-4H3/p+1/b18-14+. The van der Waals surface area contributed by atoms with E-state index in [1.807, 2.05) is 6.92 Å². The zero-order valence-electron chi connectivity index (χ0n) is 22.5. The number of nitrogens with one attached hydrogen (secondary N) is 1. The number of carbonyl (C=O) groups excluding carboxylic acids is 2. The molecule has 1 amide bonds. The van der Waals surface area contributed by atoms with Crippen molar-refractivity contribution in [3.8, 4) is 5.75 Å². The number of nitro groups is 1. The van der Waals surface area contributed by atoms with Gasteiger partial charge in [0.1, 0.15) is 5.75 Å². The Morgan fingerprint density at radius 3 is 2.32 bits per heavy atom. The molecule has 0 saturated carbocycles. The number of ketones is 1. The number of anilines is 1. The molecule has 8 heteroatoms. The molecule has 0 aliphatic carbocycles. The number of rotatable bonds is 16. The number of benzene rings is 2. The quantitative estimate of drug-likeness (QED) is 0.0717. The predicted octanol–water partition coefficient (Wildman–Crippen LogP) is 6.27. The monoisotopic (exact) mass is 510 g/mol. The summed E-state index contributed by atoms with van der Waals surface area (Å²) in [4.78, 5) is 35.8. The molecule has 0 spiro atoms. The van der Waals surface area contributed by atoms with Crippen LogP contribution in [0.2, 0.25) is 0 Å². The molecule has 0 fully saturated rings. The molecule has 0 aliphatic rings.